The molecule has 3 amide bonds. The maximum atomic E-state index is 12.8. The van der Waals surface area contributed by atoms with Gasteiger partial charge < -0.3 is 9.64 Å². The Labute approximate surface area is 181 Å². The summed E-state index contributed by atoms with van der Waals surface area (Å²) in [6.45, 7) is 8.36. The second kappa shape index (κ2) is 7.72. The number of carbonyl (C=O) groups excluding carboxylic acids is 3. The number of nitrogens with zero attached hydrogens (tertiary/aromatic N) is 5. The van der Waals surface area contributed by atoms with Gasteiger partial charge in [-0.05, 0) is 39.8 Å². The first-order chi connectivity index (χ1) is 14.6. The van der Waals surface area contributed by atoms with Gasteiger partial charge in [-0.3, -0.25) is 24.1 Å². The number of fused-ring (bicyclic) bond motifs is 1. The Hall–Kier alpha value is -3.36. The van der Waals surface area contributed by atoms with Crippen molar-refractivity contribution in [2.75, 3.05) is 18.1 Å². The molecule has 1 aromatic carbocycles. The maximum Gasteiger partial charge on any atom is 0.410 e. The fourth-order valence-corrected chi connectivity index (χ4v) is 3.84. The third-order valence-corrected chi connectivity index (χ3v) is 5.38. The molecule has 164 valence electrons. The molecular formula is C22H27N5O4. The number of rotatable bonds is 2. The summed E-state index contributed by atoms with van der Waals surface area (Å²) >= 11 is 0. The van der Waals surface area contributed by atoms with E-state index in [0.717, 1.165) is 5.69 Å². The molecule has 2 aromatic rings. The molecule has 0 aliphatic carbocycles. The Morgan fingerprint density at radius 2 is 1.84 bits per heavy atom. The van der Waals surface area contributed by atoms with Crippen molar-refractivity contribution in [3.63, 3.8) is 0 Å². The summed E-state index contributed by atoms with van der Waals surface area (Å²) in [5.41, 5.74) is 1.32. The summed E-state index contributed by atoms with van der Waals surface area (Å²) < 4.78 is 7.36. The normalized spacial score (nSPS) is 18.9. The van der Waals surface area contributed by atoms with Crippen LogP contribution in [-0.2, 0) is 22.6 Å². The van der Waals surface area contributed by atoms with E-state index in [9.17, 15) is 14.4 Å². The lowest BCUT2D eigenvalue weighted by atomic mass is 10.2. The minimum Gasteiger partial charge on any atom is -0.444 e. The number of amides is 3. The van der Waals surface area contributed by atoms with Crippen molar-refractivity contribution >= 4 is 23.6 Å². The predicted octanol–water partition coefficient (Wildman–Crippen LogP) is 2.47. The summed E-state index contributed by atoms with van der Waals surface area (Å²) in [6, 6.07) is 8.80. The molecule has 9 nitrogen and oxygen atoms in total. The van der Waals surface area contributed by atoms with E-state index in [4.69, 9.17) is 4.74 Å². The lowest BCUT2D eigenvalue weighted by Crippen LogP contribution is -2.47. The minimum absolute atomic E-state index is 0.00449. The molecule has 0 unspecified atom stereocenters. The van der Waals surface area contributed by atoms with Crippen LogP contribution in [0.3, 0.4) is 0 Å². The van der Waals surface area contributed by atoms with Crippen molar-refractivity contribution in [3.05, 3.63) is 47.8 Å². The Bertz CT molecular complexity index is 1010. The zero-order valence-electron chi connectivity index (χ0n) is 18.2. The van der Waals surface area contributed by atoms with Crippen LogP contribution in [0.25, 0.3) is 0 Å². The Morgan fingerprint density at radius 3 is 2.52 bits per heavy atom. The molecule has 2 aliphatic rings. The number of hydrogen-bond donors (Lipinski definition) is 0. The number of hydrogen-bond acceptors (Lipinski definition) is 5. The number of benzene rings is 1. The van der Waals surface area contributed by atoms with E-state index < -0.39 is 11.7 Å². The topological polar surface area (TPSA) is 88.0 Å². The quantitative estimate of drug-likeness (QED) is 0.738. The SMILES string of the molecule is C[C@H]1Cn2ncc(N3CN(C(=O)c4ccccc4)CC3=O)c2CN1C(=O)OC(C)(C)C. The van der Waals surface area contributed by atoms with Crippen LogP contribution in [-0.4, -0.2) is 62.3 Å². The van der Waals surface area contributed by atoms with E-state index >= 15 is 0 Å². The van der Waals surface area contributed by atoms with Crippen LogP contribution >= 0.6 is 0 Å². The standard InChI is InChI=1S/C22H27N5O4/c1-15-11-27-18(12-25(15)21(30)31-22(2,3)4)17(10-23-27)26-14-24(13-19(26)28)20(29)16-8-6-5-7-9-16/h5-10,15H,11-14H2,1-4H3/t15-/m0/s1. The van der Waals surface area contributed by atoms with Gasteiger partial charge in [0.15, 0.2) is 0 Å². The molecule has 3 heterocycles. The average molecular weight is 425 g/mol. The van der Waals surface area contributed by atoms with E-state index in [1.54, 1.807) is 40.3 Å². The van der Waals surface area contributed by atoms with E-state index in [-0.39, 0.29) is 37.6 Å². The molecule has 2 aliphatic heterocycles. The Morgan fingerprint density at radius 1 is 1.13 bits per heavy atom. The predicted molar refractivity (Wildman–Crippen MR) is 113 cm³/mol. The highest BCUT2D eigenvalue weighted by atomic mass is 16.6. The van der Waals surface area contributed by atoms with Gasteiger partial charge in [-0.1, -0.05) is 18.2 Å². The van der Waals surface area contributed by atoms with Crippen LogP contribution in [0.2, 0.25) is 0 Å². The van der Waals surface area contributed by atoms with Crippen molar-refractivity contribution in [2.24, 2.45) is 0 Å². The summed E-state index contributed by atoms with van der Waals surface area (Å²) in [5, 5.41) is 4.42. The van der Waals surface area contributed by atoms with Gasteiger partial charge in [0, 0.05) is 5.56 Å². The van der Waals surface area contributed by atoms with Gasteiger partial charge in [-0.25, -0.2) is 4.79 Å². The fraction of sp³-hybridized carbons (Fsp3) is 0.455. The van der Waals surface area contributed by atoms with Crippen LogP contribution in [0, 0.1) is 0 Å². The van der Waals surface area contributed by atoms with Crippen LogP contribution < -0.4 is 4.90 Å². The van der Waals surface area contributed by atoms with Crippen LogP contribution in [0.15, 0.2) is 36.5 Å². The van der Waals surface area contributed by atoms with Gasteiger partial charge in [0.25, 0.3) is 5.91 Å². The van der Waals surface area contributed by atoms with Crippen molar-refractivity contribution < 1.29 is 19.1 Å². The van der Waals surface area contributed by atoms with Crippen molar-refractivity contribution in [1.29, 1.82) is 0 Å². The van der Waals surface area contributed by atoms with E-state index in [1.807, 2.05) is 38.4 Å². The van der Waals surface area contributed by atoms with E-state index in [2.05, 4.69) is 5.10 Å². The maximum absolute atomic E-state index is 12.8. The number of anilines is 1. The van der Waals surface area contributed by atoms with Crippen LogP contribution in [0.1, 0.15) is 43.7 Å². The molecular weight excluding hydrogens is 398 g/mol. The van der Waals surface area contributed by atoms with Gasteiger partial charge in [-0.15, -0.1) is 0 Å². The largest absolute Gasteiger partial charge is 0.444 e. The molecule has 0 spiro atoms. The summed E-state index contributed by atoms with van der Waals surface area (Å²) in [4.78, 5) is 42.9. The van der Waals surface area contributed by atoms with Gasteiger partial charge in [0.2, 0.25) is 5.91 Å². The summed E-state index contributed by atoms with van der Waals surface area (Å²) in [5.74, 6) is -0.371. The molecule has 1 fully saturated rings. The summed E-state index contributed by atoms with van der Waals surface area (Å²) in [7, 11) is 0. The molecule has 1 aromatic heterocycles. The molecule has 9 heteroatoms. The average Bonchev–Trinajstić information content (AvgIpc) is 3.28. The fourth-order valence-electron chi connectivity index (χ4n) is 3.84. The first-order valence-corrected chi connectivity index (χ1v) is 10.3. The van der Waals surface area contributed by atoms with Crippen molar-refractivity contribution in [2.45, 2.75) is 52.4 Å². The Balaban J connectivity index is 1.54. The van der Waals surface area contributed by atoms with Crippen molar-refractivity contribution in [3.8, 4) is 0 Å². The van der Waals surface area contributed by atoms with Crippen LogP contribution in [0.5, 0.6) is 0 Å². The summed E-state index contributed by atoms with van der Waals surface area (Å²) in [6.07, 6.45) is 1.24. The zero-order valence-corrected chi connectivity index (χ0v) is 18.2. The first kappa shape index (κ1) is 20.9. The van der Waals surface area contributed by atoms with Crippen LogP contribution in [0.4, 0.5) is 10.5 Å². The Kier molecular flexibility index (Phi) is 5.20. The van der Waals surface area contributed by atoms with Crippen molar-refractivity contribution in [1.82, 2.24) is 19.6 Å². The van der Waals surface area contributed by atoms with Gasteiger partial charge in [0.1, 0.15) is 18.8 Å². The second-order valence-corrected chi connectivity index (χ2v) is 8.95. The molecule has 31 heavy (non-hydrogen) atoms. The minimum atomic E-state index is -0.597. The highest BCUT2D eigenvalue weighted by Crippen LogP contribution is 2.30. The number of aromatic nitrogens is 2. The molecule has 1 saturated heterocycles. The molecule has 0 N–H and O–H groups in total. The molecule has 0 saturated carbocycles. The van der Waals surface area contributed by atoms with Gasteiger partial charge >= 0.3 is 6.09 Å². The third-order valence-electron chi connectivity index (χ3n) is 5.38. The molecule has 0 bridgehead atoms. The molecule has 1 atom stereocenters. The lowest BCUT2D eigenvalue weighted by Gasteiger charge is -2.36. The highest BCUT2D eigenvalue weighted by molar-refractivity contribution is 6.04. The number of carbonyl (C=O) groups is 3. The van der Waals surface area contributed by atoms with E-state index in [1.165, 1.54) is 4.90 Å². The third kappa shape index (κ3) is 4.12. The molecule has 4 rings (SSSR count). The van der Waals surface area contributed by atoms with Gasteiger partial charge in [-0.2, -0.15) is 5.10 Å². The first-order valence-electron chi connectivity index (χ1n) is 10.3. The smallest absolute Gasteiger partial charge is 0.410 e. The lowest BCUT2D eigenvalue weighted by molar-refractivity contribution is -0.116. The highest BCUT2D eigenvalue weighted by Gasteiger charge is 2.38. The number of ether oxygens (including phenoxy) is 1. The van der Waals surface area contributed by atoms with Gasteiger partial charge in [0.05, 0.1) is 36.7 Å². The zero-order chi connectivity index (χ0) is 22.3. The monoisotopic (exact) mass is 425 g/mol. The van der Waals surface area contributed by atoms with E-state index in [0.29, 0.717) is 17.8 Å². The molecule has 0 radical (unpaired) electrons. The second-order valence-electron chi connectivity index (χ2n) is 8.95.